The maximum atomic E-state index is 12.7. The molecule has 0 saturated carbocycles. The van der Waals surface area contributed by atoms with Crippen LogP contribution in [0.15, 0.2) is 77.7 Å². The lowest BCUT2D eigenvalue weighted by Crippen LogP contribution is -2.30. The van der Waals surface area contributed by atoms with E-state index in [2.05, 4.69) is 10.0 Å². The topological polar surface area (TPSA) is 130 Å². The fourth-order valence-corrected chi connectivity index (χ4v) is 4.16. The number of halogens is 2. The van der Waals surface area contributed by atoms with Gasteiger partial charge < -0.3 is 10.4 Å². The van der Waals surface area contributed by atoms with Gasteiger partial charge in [-0.05, 0) is 42.5 Å². The quantitative estimate of drug-likeness (QED) is 0.237. The molecule has 3 aromatic rings. The summed E-state index contributed by atoms with van der Waals surface area (Å²) in [6.07, 6.45) is 0. The molecule has 3 aromatic carbocycles. The zero-order chi connectivity index (χ0) is 24.2. The Morgan fingerprint density at radius 3 is 2.12 bits per heavy atom. The molecule has 0 heterocycles. The zero-order valence-electron chi connectivity index (χ0n) is 16.7. The van der Waals surface area contributed by atoms with Crippen LogP contribution in [0.5, 0.6) is 0 Å². The second-order valence-electron chi connectivity index (χ2n) is 6.71. The van der Waals surface area contributed by atoms with Crippen molar-refractivity contribution in [2.45, 2.75) is 10.3 Å². The standard InChI is InChI=1S/C22H16Cl2N2O6S/c23-17-11-10-16(33(31,32)26-15-8-6-14(7-9-15)22(29)30)12-18(17)25-21(28)19(24)20(27)13-4-2-1-3-5-13/h1-12,19,26H,(H,25,28)(H,29,30). The number of carboxylic acid groups (broad SMARTS) is 1. The van der Waals surface area contributed by atoms with Gasteiger partial charge in [-0.1, -0.05) is 41.9 Å². The molecule has 0 aliphatic heterocycles. The van der Waals surface area contributed by atoms with Gasteiger partial charge in [0.2, 0.25) is 5.91 Å². The molecular weight excluding hydrogens is 491 g/mol. The van der Waals surface area contributed by atoms with E-state index in [1.54, 1.807) is 18.2 Å². The number of hydrogen-bond acceptors (Lipinski definition) is 5. The predicted molar refractivity (Wildman–Crippen MR) is 125 cm³/mol. The van der Waals surface area contributed by atoms with Crippen LogP contribution in [0.25, 0.3) is 0 Å². The second-order valence-corrected chi connectivity index (χ2v) is 9.24. The van der Waals surface area contributed by atoms with Crippen molar-refractivity contribution in [2.75, 3.05) is 10.0 Å². The highest BCUT2D eigenvalue weighted by Gasteiger charge is 2.26. The first-order valence-corrected chi connectivity index (χ1v) is 11.6. The average molecular weight is 507 g/mol. The first-order chi connectivity index (χ1) is 15.6. The number of sulfonamides is 1. The maximum Gasteiger partial charge on any atom is 0.335 e. The van der Waals surface area contributed by atoms with Crippen LogP contribution in [0.3, 0.4) is 0 Å². The first kappa shape index (κ1) is 24.2. The number of carbonyl (C=O) groups excluding carboxylic acids is 2. The van der Waals surface area contributed by atoms with Gasteiger partial charge in [-0.3, -0.25) is 14.3 Å². The van der Waals surface area contributed by atoms with Crippen molar-refractivity contribution >= 4 is 62.3 Å². The molecule has 0 fully saturated rings. The summed E-state index contributed by atoms with van der Waals surface area (Å²) in [7, 11) is -4.11. The number of anilines is 2. The van der Waals surface area contributed by atoms with Crippen LogP contribution in [0.2, 0.25) is 5.02 Å². The molecular formula is C22H16Cl2N2O6S. The van der Waals surface area contributed by atoms with Crippen LogP contribution in [0.4, 0.5) is 11.4 Å². The van der Waals surface area contributed by atoms with Gasteiger partial charge in [0.15, 0.2) is 11.2 Å². The van der Waals surface area contributed by atoms with Crippen molar-refractivity contribution in [3.05, 3.63) is 88.9 Å². The van der Waals surface area contributed by atoms with Crippen LogP contribution >= 0.6 is 23.2 Å². The Bertz CT molecular complexity index is 1310. The van der Waals surface area contributed by atoms with E-state index in [-0.39, 0.29) is 32.4 Å². The van der Waals surface area contributed by atoms with Crippen molar-refractivity contribution in [1.82, 2.24) is 0 Å². The lowest BCUT2D eigenvalue weighted by atomic mass is 10.1. The number of alkyl halides is 1. The number of carboxylic acids is 1. The Morgan fingerprint density at radius 1 is 0.879 bits per heavy atom. The summed E-state index contributed by atoms with van der Waals surface area (Å²) in [5, 5.41) is 9.78. The predicted octanol–water partition coefficient (Wildman–Crippen LogP) is 4.27. The van der Waals surface area contributed by atoms with Crippen molar-refractivity contribution < 1.29 is 27.9 Å². The van der Waals surface area contributed by atoms with E-state index >= 15 is 0 Å². The summed E-state index contributed by atoms with van der Waals surface area (Å²) < 4.78 is 27.8. The molecule has 3 rings (SSSR count). The molecule has 11 heteroatoms. The van der Waals surface area contributed by atoms with Crippen LogP contribution in [-0.2, 0) is 14.8 Å². The van der Waals surface area contributed by atoms with Gasteiger partial charge in [0, 0.05) is 11.3 Å². The Balaban J connectivity index is 1.78. The van der Waals surface area contributed by atoms with E-state index in [0.29, 0.717) is 0 Å². The summed E-state index contributed by atoms with van der Waals surface area (Å²) >= 11 is 12.1. The van der Waals surface area contributed by atoms with E-state index in [0.717, 1.165) is 6.07 Å². The molecule has 170 valence electrons. The Labute approximate surface area is 199 Å². The Morgan fingerprint density at radius 2 is 1.52 bits per heavy atom. The van der Waals surface area contributed by atoms with Gasteiger partial charge in [0.25, 0.3) is 10.0 Å². The highest BCUT2D eigenvalue weighted by molar-refractivity contribution is 7.92. The minimum Gasteiger partial charge on any atom is -0.478 e. The van der Waals surface area contributed by atoms with Gasteiger partial charge in [-0.2, -0.15) is 0 Å². The number of rotatable bonds is 8. The van der Waals surface area contributed by atoms with E-state index in [4.69, 9.17) is 28.3 Å². The second kappa shape index (κ2) is 10.0. The van der Waals surface area contributed by atoms with Crippen molar-refractivity contribution in [3.8, 4) is 0 Å². The summed E-state index contributed by atoms with van der Waals surface area (Å²) in [5.41, 5.74) is 0.315. The van der Waals surface area contributed by atoms with Gasteiger partial charge in [0.05, 0.1) is 21.2 Å². The smallest absolute Gasteiger partial charge is 0.335 e. The number of nitrogens with one attached hydrogen (secondary N) is 2. The fraction of sp³-hybridized carbons (Fsp3) is 0.0455. The lowest BCUT2D eigenvalue weighted by Gasteiger charge is -2.13. The number of aromatic carboxylic acids is 1. The monoisotopic (exact) mass is 506 g/mol. The summed E-state index contributed by atoms with van der Waals surface area (Å²) in [5.74, 6) is -2.65. The normalized spacial score (nSPS) is 11.9. The van der Waals surface area contributed by atoms with Crippen molar-refractivity contribution in [1.29, 1.82) is 0 Å². The molecule has 1 unspecified atom stereocenters. The summed E-state index contributed by atoms with van der Waals surface area (Å²) in [6, 6.07) is 16.7. The fourth-order valence-electron chi connectivity index (χ4n) is 2.73. The summed E-state index contributed by atoms with van der Waals surface area (Å²) in [6.45, 7) is 0. The number of carbonyl (C=O) groups is 3. The molecule has 0 spiro atoms. The molecule has 1 atom stereocenters. The highest BCUT2D eigenvalue weighted by atomic mass is 35.5. The minimum atomic E-state index is -4.11. The number of ketones is 1. The van der Waals surface area contributed by atoms with Crippen LogP contribution in [0.1, 0.15) is 20.7 Å². The minimum absolute atomic E-state index is 0.00452. The number of amides is 1. The molecule has 3 N–H and O–H groups in total. The molecule has 0 aromatic heterocycles. The van der Waals surface area contributed by atoms with E-state index < -0.39 is 33.1 Å². The Hall–Kier alpha value is -3.40. The largest absolute Gasteiger partial charge is 0.478 e. The van der Waals surface area contributed by atoms with Crippen LogP contribution in [0, 0.1) is 0 Å². The lowest BCUT2D eigenvalue weighted by molar-refractivity contribution is -0.115. The van der Waals surface area contributed by atoms with E-state index in [1.807, 2.05) is 0 Å². The van der Waals surface area contributed by atoms with Gasteiger partial charge in [-0.25, -0.2) is 13.2 Å². The zero-order valence-corrected chi connectivity index (χ0v) is 19.0. The Kier molecular flexibility index (Phi) is 7.37. The third kappa shape index (κ3) is 5.89. The van der Waals surface area contributed by atoms with E-state index in [9.17, 15) is 22.8 Å². The molecule has 8 nitrogen and oxygen atoms in total. The molecule has 0 saturated heterocycles. The maximum absolute atomic E-state index is 12.7. The number of benzene rings is 3. The van der Waals surface area contributed by atoms with Crippen molar-refractivity contribution in [2.24, 2.45) is 0 Å². The van der Waals surface area contributed by atoms with Gasteiger partial charge >= 0.3 is 5.97 Å². The van der Waals surface area contributed by atoms with Crippen LogP contribution in [-0.4, -0.2) is 36.6 Å². The number of hydrogen-bond donors (Lipinski definition) is 3. The molecule has 33 heavy (non-hydrogen) atoms. The van der Waals surface area contributed by atoms with Gasteiger partial charge in [0.1, 0.15) is 0 Å². The van der Waals surface area contributed by atoms with Crippen LogP contribution < -0.4 is 10.0 Å². The first-order valence-electron chi connectivity index (χ1n) is 9.28. The molecule has 0 bridgehead atoms. The molecule has 0 aliphatic carbocycles. The summed E-state index contributed by atoms with van der Waals surface area (Å²) in [4.78, 5) is 35.6. The SMILES string of the molecule is O=C(O)c1ccc(NS(=O)(=O)c2ccc(Cl)c(NC(=O)C(Cl)C(=O)c3ccccc3)c2)cc1. The molecule has 0 aliphatic rings. The third-order valence-electron chi connectivity index (χ3n) is 4.41. The van der Waals surface area contributed by atoms with Crippen molar-refractivity contribution in [3.63, 3.8) is 0 Å². The van der Waals surface area contributed by atoms with E-state index in [1.165, 1.54) is 48.5 Å². The third-order valence-corrected chi connectivity index (χ3v) is 6.51. The average Bonchev–Trinajstić information content (AvgIpc) is 2.80. The van der Waals surface area contributed by atoms with Gasteiger partial charge in [-0.15, -0.1) is 11.6 Å². The molecule has 0 radical (unpaired) electrons. The highest BCUT2D eigenvalue weighted by Crippen LogP contribution is 2.27. The number of Topliss-reactive ketones (excluding diaryl/α,β-unsaturated/α-hetero) is 1. The molecule has 1 amide bonds.